The molecule has 0 bridgehead atoms. The van der Waals surface area contributed by atoms with Gasteiger partial charge in [0, 0.05) is 10.4 Å². The molecule has 1 atom stereocenters. The van der Waals surface area contributed by atoms with Crippen LogP contribution in [0.2, 0.25) is 10.0 Å². The van der Waals surface area contributed by atoms with Gasteiger partial charge in [-0.3, -0.25) is 4.79 Å². The van der Waals surface area contributed by atoms with E-state index in [1.54, 1.807) is 0 Å². The largest absolute Gasteiger partial charge is 0.494 e. The number of carbonyl (C=O) groups is 1. The summed E-state index contributed by atoms with van der Waals surface area (Å²) in [5.74, 6) is 0.541. The lowest BCUT2D eigenvalue weighted by atomic mass is 9.72. The van der Waals surface area contributed by atoms with Gasteiger partial charge in [-0.1, -0.05) is 44.0 Å². The third kappa shape index (κ3) is 4.00. The Labute approximate surface area is 179 Å². The van der Waals surface area contributed by atoms with Gasteiger partial charge in [-0.15, -0.1) is 11.3 Å². The van der Waals surface area contributed by atoms with Crippen molar-refractivity contribution in [2.24, 2.45) is 11.3 Å². The summed E-state index contributed by atoms with van der Waals surface area (Å²) < 4.78 is 5.12. The summed E-state index contributed by atoms with van der Waals surface area (Å²) >= 11 is 13.8. The van der Waals surface area contributed by atoms with Crippen molar-refractivity contribution in [3.05, 3.63) is 43.7 Å². The van der Waals surface area contributed by atoms with E-state index < -0.39 is 0 Å². The molecule has 1 heterocycles. The van der Waals surface area contributed by atoms with E-state index in [2.05, 4.69) is 32.2 Å². The summed E-state index contributed by atoms with van der Waals surface area (Å²) in [4.78, 5) is 13.9. The van der Waals surface area contributed by atoms with Crippen LogP contribution in [0.3, 0.4) is 0 Å². The van der Waals surface area contributed by atoms with Gasteiger partial charge in [0.25, 0.3) is 5.91 Å². The van der Waals surface area contributed by atoms with E-state index in [1.165, 1.54) is 35.5 Å². The Kier molecular flexibility index (Phi) is 5.95. The van der Waals surface area contributed by atoms with Crippen molar-refractivity contribution in [2.45, 2.75) is 40.0 Å². The van der Waals surface area contributed by atoms with Crippen molar-refractivity contribution in [1.29, 1.82) is 5.26 Å². The van der Waals surface area contributed by atoms with Crippen LogP contribution in [0.4, 0.5) is 5.00 Å². The Morgan fingerprint density at radius 3 is 2.50 bits per heavy atom. The van der Waals surface area contributed by atoms with E-state index in [0.717, 1.165) is 24.8 Å². The van der Waals surface area contributed by atoms with E-state index in [4.69, 9.17) is 27.9 Å². The summed E-state index contributed by atoms with van der Waals surface area (Å²) in [6.45, 7) is 6.75. The van der Waals surface area contributed by atoms with Gasteiger partial charge in [-0.25, -0.2) is 0 Å². The maximum atomic E-state index is 12.8. The number of fused-ring (bicyclic) bond motifs is 1. The number of nitrogens with zero attached hydrogens (tertiary/aromatic N) is 1. The number of halogens is 2. The minimum absolute atomic E-state index is 0.217. The molecule has 1 amide bonds. The van der Waals surface area contributed by atoms with Crippen molar-refractivity contribution < 1.29 is 9.53 Å². The topological polar surface area (TPSA) is 62.1 Å². The highest BCUT2D eigenvalue weighted by molar-refractivity contribution is 7.16. The molecule has 3 rings (SSSR count). The molecule has 148 valence electrons. The molecule has 0 saturated heterocycles. The number of hydrogen-bond acceptors (Lipinski definition) is 4. The second-order valence-corrected chi connectivity index (χ2v) is 9.97. The van der Waals surface area contributed by atoms with Crippen molar-refractivity contribution >= 4 is 45.4 Å². The molecule has 1 aromatic carbocycles. The normalized spacial score (nSPS) is 16.2. The fourth-order valence-corrected chi connectivity index (χ4v) is 5.51. The lowest BCUT2D eigenvalue weighted by molar-refractivity contribution is 0.102. The molecule has 0 unspecified atom stereocenters. The number of rotatable bonds is 3. The van der Waals surface area contributed by atoms with Gasteiger partial charge in [-0.2, -0.15) is 5.26 Å². The van der Waals surface area contributed by atoms with Crippen molar-refractivity contribution in [3.8, 4) is 11.8 Å². The quantitative estimate of drug-likeness (QED) is 0.610. The number of nitrogens with one attached hydrogen (secondary N) is 1. The zero-order chi connectivity index (χ0) is 20.6. The molecule has 0 saturated carbocycles. The fourth-order valence-electron chi connectivity index (χ4n) is 3.59. The van der Waals surface area contributed by atoms with Gasteiger partial charge in [0.1, 0.15) is 11.1 Å². The smallest absolute Gasteiger partial charge is 0.256 e. The first-order valence-corrected chi connectivity index (χ1v) is 10.6. The van der Waals surface area contributed by atoms with Crippen LogP contribution in [0, 0.1) is 22.7 Å². The van der Waals surface area contributed by atoms with Gasteiger partial charge in [0.2, 0.25) is 0 Å². The van der Waals surface area contributed by atoms with Crippen LogP contribution >= 0.6 is 34.5 Å². The Hall–Kier alpha value is -1.74. The summed E-state index contributed by atoms with van der Waals surface area (Å²) in [5.41, 5.74) is 2.19. The molecular weight excluding hydrogens is 415 g/mol. The summed E-state index contributed by atoms with van der Waals surface area (Å²) in [6, 6.07) is 5.30. The predicted octanol–water partition coefficient (Wildman–Crippen LogP) is 6.34. The van der Waals surface area contributed by atoms with Gasteiger partial charge >= 0.3 is 0 Å². The maximum Gasteiger partial charge on any atom is 0.256 e. The number of hydrogen-bond donors (Lipinski definition) is 1. The van der Waals surface area contributed by atoms with Gasteiger partial charge in [0.05, 0.1) is 22.7 Å². The summed E-state index contributed by atoms with van der Waals surface area (Å²) in [7, 11) is 1.47. The lowest BCUT2D eigenvalue weighted by Crippen LogP contribution is -2.26. The third-order valence-corrected chi connectivity index (χ3v) is 7.02. The summed E-state index contributed by atoms with van der Waals surface area (Å²) in [5, 5.41) is 13.7. The van der Waals surface area contributed by atoms with Crippen LogP contribution in [0.5, 0.6) is 5.75 Å². The van der Waals surface area contributed by atoms with E-state index >= 15 is 0 Å². The molecule has 0 aliphatic heterocycles. The van der Waals surface area contributed by atoms with Gasteiger partial charge < -0.3 is 10.1 Å². The number of benzene rings is 1. The molecule has 7 heteroatoms. The minimum Gasteiger partial charge on any atom is -0.494 e. The van der Waals surface area contributed by atoms with Gasteiger partial charge in [0.15, 0.2) is 5.75 Å². The first-order valence-electron chi connectivity index (χ1n) is 9.04. The standard InChI is InChI=1S/C21H22Cl2N2O2S/c1-21(2,3)12-5-6-13-14(10-24)20(28-17(13)9-12)25-19(26)11-7-15(22)18(27-4)16(23)8-11/h7-8,12H,5-6,9H2,1-4H3,(H,25,26)/t12-/m0/s1. The summed E-state index contributed by atoms with van der Waals surface area (Å²) in [6.07, 6.45) is 2.86. The highest BCUT2D eigenvalue weighted by Crippen LogP contribution is 2.44. The molecule has 1 N–H and O–H groups in total. The Balaban J connectivity index is 1.89. The number of methoxy groups -OCH3 is 1. The predicted molar refractivity (Wildman–Crippen MR) is 115 cm³/mol. The first-order chi connectivity index (χ1) is 13.2. The van der Waals surface area contributed by atoms with Crippen LogP contribution in [0.1, 0.15) is 53.6 Å². The molecule has 1 aliphatic carbocycles. The monoisotopic (exact) mass is 436 g/mol. The molecule has 0 spiro atoms. The average Bonchev–Trinajstić information content (AvgIpc) is 2.96. The van der Waals surface area contributed by atoms with E-state index in [1.807, 2.05) is 0 Å². The van der Waals surface area contributed by atoms with Crippen LogP contribution in [-0.4, -0.2) is 13.0 Å². The minimum atomic E-state index is -0.353. The van der Waals surface area contributed by atoms with Crippen LogP contribution in [0.25, 0.3) is 0 Å². The molecule has 0 fully saturated rings. The Bertz CT molecular complexity index is 947. The highest BCUT2D eigenvalue weighted by atomic mass is 35.5. The molecule has 1 aliphatic rings. The zero-order valence-corrected chi connectivity index (χ0v) is 18.6. The molecule has 28 heavy (non-hydrogen) atoms. The van der Waals surface area contributed by atoms with Crippen molar-refractivity contribution in [1.82, 2.24) is 0 Å². The number of thiophene rings is 1. The number of amides is 1. The van der Waals surface area contributed by atoms with E-state index in [9.17, 15) is 10.1 Å². The van der Waals surface area contributed by atoms with Crippen molar-refractivity contribution in [3.63, 3.8) is 0 Å². The maximum absolute atomic E-state index is 12.8. The zero-order valence-electron chi connectivity index (χ0n) is 16.3. The number of nitriles is 1. The molecule has 0 radical (unpaired) electrons. The van der Waals surface area contributed by atoms with Crippen molar-refractivity contribution in [2.75, 3.05) is 12.4 Å². The van der Waals surface area contributed by atoms with E-state index in [0.29, 0.717) is 27.8 Å². The third-order valence-electron chi connectivity index (χ3n) is 5.29. The fraction of sp³-hybridized carbons (Fsp3) is 0.429. The second-order valence-electron chi connectivity index (χ2n) is 8.05. The SMILES string of the molecule is COc1c(Cl)cc(C(=O)Nc2sc3c(c2C#N)CC[C@H](C(C)(C)C)C3)cc1Cl. The molecular formula is C21H22Cl2N2O2S. The van der Waals surface area contributed by atoms with Crippen LogP contribution in [0.15, 0.2) is 12.1 Å². The van der Waals surface area contributed by atoms with Crippen LogP contribution in [-0.2, 0) is 12.8 Å². The molecule has 4 nitrogen and oxygen atoms in total. The number of anilines is 1. The average molecular weight is 437 g/mol. The number of carbonyl (C=O) groups excluding carboxylic acids is 1. The van der Waals surface area contributed by atoms with Crippen LogP contribution < -0.4 is 10.1 Å². The molecule has 1 aromatic heterocycles. The highest BCUT2D eigenvalue weighted by Gasteiger charge is 2.32. The Morgan fingerprint density at radius 1 is 1.32 bits per heavy atom. The number of ether oxygens (including phenoxy) is 1. The Morgan fingerprint density at radius 2 is 1.96 bits per heavy atom. The second kappa shape index (κ2) is 7.94. The first kappa shape index (κ1) is 21.0. The van der Waals surface area contributed by atoms with E-state index in [-0.39, 0.29) is 21.4 Å². The molecule has 2 aromatic rings. The van der Waals surface area contributed by atoms with Gasteiger partial charge in [-0.05, 0) is 48.3 Å². The lowest BCUT2D eigenvalue weighted by Gasteiger charge is -2.33.